The first kappa shape index (κ1) is 32.0. The van der Waals surface area contributed by atoms with Gasteiger partial charge in [-0.15, -0.1) is 0 Å². The third-order valence-corrected chi connectivity index (χ3v) is 5.26. The molecule has 4 N–H and O–H groups in total. The van der Waals surface area contributed by atoms with Crippen LogP contribution in [-0.4, -0.2) is 74.1 Å². The Labute approximate surface area is 204 Å². The van der Waals surface area contributed by atoms with Gasteiger partial charge in [-0.25, -0.2) is 0 Å². The second-order valence-corrected chi connectivity index (χ2v) is 8.24. The molecule has 9 nitrogen and oxygen atoms in total. The quantitative estimate of drug-likeness (QED) is 0.0991. The first-order valence-corrected chi connectivity index (χ1v) is 12.7. The predicted molar refractivity (Wildman–Crippen MR) is 131 cm³/mol. The van der Waals surface area contributed by atoms with Crippen LogP contribution in [0.3, 0.4) is 0 Å². The summed E-state index contributed by atoms with van der Waals surface area (Å²) in [5.41, 5.74) is 0. The number of aliphatic hydroxyl groups is 1. The van der Waals surface area contributed by atoms with Crippen LogP contribution in [0.1, 0.15) is 77.6 Å². The molecule has 0 saturated carbocycles. The molecule has 0 aromatic rings. The van der Waals surface area contributed by atoms with Crippen LogP contribution >= 0.6 is 0 Å². The van der Waals surface area contributed by atoms with Gasteiger partial charge >= 0.3 is 17.8 Å². The average molecular weight is 487 g/mol. The molecule has 0 rings (SSSR count). The molecule has 0 aromatic carbocycles. The van der Waals surface area contributed by atoms with E-state index >= 15 is 0 Å². The molecule has 0 spiro atoms. The number of allylic oxidation sites excluding steroid dienone is 2. The van der Waals surface area contributed by atoms with Crippen molar-refractivity contribution in [3.05, 3.63) is 12.2 Å². The summed E-state index contributed by atoms with van der Waals surface area (Å²) in [5, 5.41) is 23.2. The molecule has 1 atom stereocenters. The van der Waals surface area contributed by atoms with Gasteiger partial charge in [-0.2, -0.15) is 0 Å². The molecule has 0 radical (unpaired) electrons. The molecule has 0 heterocycles. The van der Waals surface area contributed by atoms with E-state index in [0.717, 1.165) is 57.8 Å². The van der Waals surface area contributed by atoms with E-state index in [9.17, 15) is 19.5 Å². The number of aliphatic hydroxyl groups excluding tert-OH is 1. The van der Waals surface area contributed by atoms with Gasteiger partial charge in [0.2, 0.25) is 0 Å². The van der Waals surface area contributed by atoms with Gasteiger partial charge in [-0.1, -0.05) is 38.3 Å². The highest BCUT2D eigenvalue weighted by atomic mass is 16.5. The van der Waals surface area contributed by atoms with Crippen LogP contribution in [-0.2, 0) is 23.9 Å². The number of unbranched alkanes of at least 4 members (excludes halogenated alkanes) is 6. The first-order valence-electron chi connectivity index (χ1n) is 12.7. The van der Waals surface area contributed by atoms with E-state index in [1.807, 2.05) is 6.92 Å². The summed E-state index contributed by atoms with van der Waals surface area (Å²) in [6.07, 6.45) is 13.9. The fourth-order valence-corrected chi connectivity index (χ4v) is 3.20. The number of carboxylic acids is 1. The Bertz CT molecular complexity index is 555. The van der Waals surface area contributed by atoms with Crippen molar-refractivity contribution < 1.29 is 34.1 Å². The molecule has 0 bridgehead atoms. The number of nitrogens with one attached hydrogen (secondary N) is 2. The maximum absolute atomic E-state index is 11.6. The Morgan fingerprint density at radius 3 is 1.94 bits per heavy atom. The van der Waals surface area contributed by atoms with Crippen LogP contribution in [0.2, 0.25) is 0 Å². The minimum absolute atomic E-state index is 0.0145. The number of carbonyl (C=O) groups excluding carboxylic acids is 2. The Kier molecular flexibility index (Phi) is 22.8. The van der Waals surface area contributed by atoms with Crippen molar-refractivity contribution in [1.29, 1.82) is 0 Å². The minimum atomic E-state index is -0.770. The average Bonchev–Trinajstić information content (AvgIpc) is 2.82. The van der Waals surface area contributed by atoms with E-state index in [1.165, 1.54) is 0 Å². The fraction of sp³-hybridized carbons (Fsp3) is 0.800. The number of amides is 2. The topological polar surface area (TPSA) is 134 Å². The molecular weight excluding hydrogens is 440 g/mol. The lowest BCUT2D eigenvalue weighted by atomic mass is 9.98. The molecule has 0 fully saturated rings. The first-order chi connectivity index (χ1) is 16.5. The number of hydrogen-bond donors (Lipinski definition) is 4. The number of aliphatic carboxylic acids is 1. The second kappa shape index (κ2) is 24.2. The molecule has 0 aliphatic heterocycles. The Hall–Kier alpha value is -1.97. The maximum atomic E-state index is 11.6. The molecule has 0 aliphatic carbocycles. The Balaban J connectivity index is 3.61. The zero-order chi connectivity index (χ0) is 25.3. The largest absolute Gasteiger partial charge is 0.481 e. The molecule has 198 valence electrons. The van der Waals surface area contributed by atoms with Crippen molar-refractivity contribution in [2.75, 3.05) is 46.1 Å². The zero-order valence-electron chi connectivity index (χ0n) is 20.9. The number of ether oxygens (including phenoxy) is 2. The SMILES string of the molecule is CCCCNC(=O)C(=O)NCCCC/C=C\CCCCCC(CCOCCOCCO)C(=O)O. The Morgan fingerprint density at radius 2 is 1.35 bits per heavy atom. The minimum Gasteiger partial charge on any atom is -0.481 e. The lowest BCUT2D eigenvalue weighted by Crippen LogP contribution is -2.40. The standard InChI is InChI=1S/C25H46N2O7/c1-2-3-15-26-23(29)24(30)27-16-12-10-8-6-4-5-7-9-11-13-22(25(31)32)14-18-33-20-21-34-19-17-28/h4,6,22,28H,2-3,5,7-21H2,1H3,(H,26,29)(H,27,30)(H,31,32)/b6-4-. The lowest BCUT2D eigenvalue weighted by molar-refractivity contribution is -0.142. The van der Waals surface area contributed by atoms with Crippen LogP contribution in [0.4, 0.5) is 0 Å². The number of rotatable bonds is 23. The van der Waals surface area contributed by atoms with E-state index in [-0.39, 0.29) is 19.1 Å². The summed E-state index contributed by atoms with van der Waals surface area (Å²) in [7, 11) is 0. The van der Waals surface area contributed by atoms with E-state index < -0.39 is 17.8 Å². The van der Waals surface area contributed by atoms with Crippen LogP contribution in [0.25, 0.3) is 0 Å². The van der Waals surface area contributed by atoms with Crippen LogP contribution in [0.15, 0.2) is 12.2 Å². The summed E-state index contributed by atoms with van der Waals surface area (Å²) in [6, 6.07) is 0. The lowest BCUT2D eigenvalue weighted by Gasteiger charge is -2.12. The summed E-state index contributed by atoms with van der Waals surface area (Å²) >= 11 is 0. The Morgan fingerprint density at radius 1 is 0.765 bits per heavy atom. The smallest absolute Gasteiger partial charge is 0.309 e. The van der Waals surface area contributed by atoms with Gasteiger partial charge in [-0.05, 0) is 51.4 Å². The second-order valence-electron chi connectivity index (χ2n) is 8.24. The van der Waals surface area contributed by atoms with Crippen molar-refractivity contribution in [2.45, 2.75) is 77.6 Å². The van der Waals surface area contributed by atoms with Crippen molar-refractivity contribution in [2.24, 2.45) is 5.92 Å². The van der Waals surface area contributed by atoms with Gasteiger partial charge in [0.05, 0.1) is 32.3 Å². The highest BCUT2D eigenvalue weighted by molar-refractivity contribution is 6.35. The van der Waals surface area contributed by atoms with E-state index in [1.54, 1.807) is 0 Å². The normalized spacial score (nSPS) is 12.1. The molecule has 0 saturated heterocycles. The van der Waals surface area contributed by atoms with Gasteiger partial charge < -0.3 is 30.3 Å². The van der Waals surface area contributed by atoms with Gasteiger partial charge in [-0.3, -0.25) is 14.4 Å². The van der Waals surface area contributed by atoms with Crippen LogP contribution in [0, 0.1) is 5.92 Å². The molecule has 9 heteroatoms. The fourth-order valence-electron chi connectivity index (χ4n) is 3.20. The number of carbonyl (C=O) groups is 3. The van der Waals surface area contributed by atoms with E-state index in [2.05, 4.69) is 22.8 Å². The summed E-state index contributed by atoms with van der Waals surface area (Å²) < 4.78 is 10.5. The predicted octanol–water partition coefficient (Wildman–Crippen LogP) is 2.81. The van der Waals surface area contributed by atoms with Gasteiger partial charge in [0.25, 0.3) is 0 Å². The molecular formula is C25H46N2O7. The van der Waals surface area contributed by atoms with Crippen LogP contribution in [0.5, 0.6) is 0 Å². The summed E-state index contributed by atoms with van der Waals surface area (Å²) in [5.74, 6) is -2.27. The maximum Gasteiger partial charge on any atom is 0.309 e. The van der Waals surface area contributed by atoms with Gasteiger partial charge in [0, 0.05) is 19.7 Å². The van der Waals surface area contributed by atoms with Crippen molar-refractivity contribution in [3.8, 4) is 0 Å². The third-order valence-electron chi connectivity index (χ3n) is 5.26. The van der Waals surface area contributed by atoms with Crippen molar-refractivity contribution >= 4 is 17.8 Å². The highest BCUT2D eigenvalue weighted by Gasteiger charge is 2.16. The number of carboxylic acid groups (broad SMARTS) is 1. The van der Waals surface area contributed by atoms with Crippen LogP contribution < -0.4 is 10.6 Å². The molecule has 1 unspecified atom stereocenters. The molecule has 0 aliphatic rings. The van der Waals surface area contributed by atoms with E-state index in [4.69, 9.17) is 14.6 Å². The third kappa shape index (κ3) is 20.6. The van der Waals surface area contributed by atoms with Gasteiger partial charge in [0.15, 0.2) is 0 Å². The molecule has 2 amide bonds. The van der Waals surface area contributed by atoms with Gasteiger partial charge in [0.1, 0.15) is 0 Å². The number of hydrogen-bond acceptors (Lipinski definition) is 6. The summed E-state index contributed by atoms with van der Waals surface area (Å²) in [4.78, 5) is 34.5. The summed E-state index contributed by atoms with van der Waals surface area (Å²) in [6.45, 7) is 4.55. The zero-order valence-corrected chi connectivity index (χ0v) is 20.9. The molecule has 0 aromatic heterocycles. The molecule has 34 heavy (non-hydrogen) atoms. The highest BCUT2D eigenvalue weighted by Crippen LogP contribution is 2.15. The van der Waals surface area contributed by atoms with Crippen molar-refractivity contribution in [1.82, 2.24) is 10.6 Å². The monoisotopic (exact) mass is 486 g/mol. The van der Waals surface area contributed by atoms with Crippen molar-refractivity contribution in [3.63, 3.8) is 0 Å². The van der Waals surface area contributed by atoms with E-state index in [0.29, 0.717) is 45.8 Å².